The van der Waals surface area contributed by atoms with Crippen LogP contribution in [0.2, 0.25) is 0 Å². The van der Waals surface area contributed by atoms with E-state index >= 15 is 0 Å². The SMILES string of the molecule is CNC(=O)C1(C)CCN(Cc2cc(NN)ccn2)C1. The lowest BCUT2D eigenvalue weighted by Crippen LogP contribution is -2.39. The summed E-state index contributed by atoms with van der Waals surface area (Å²) in [5.41, 5.74) is 4.12. The second-order valence-corrected chi connectivity index (χ2v) is 5.28. The largest absolute Gasteiger partial charge is 0.359 e. The Morgan fingerprint density at radius 3 is 3.11 bits per heavy atom. The highest BCUT2D eigenvalue weighted by Gasteiger charge is 2.39. The van der Waals surface area contributed by atoms with Gasteiger partial charge < -0.3 is 10.7 Å². The van der Waals surface area contributed by atoms with Crippen LogP contribution in [0, 0.1) is 5.41 Å². The molecule has 1 unspecified atom stereocenters. The van der Waals surface area contributed by atoms with Crippen molar-refractivity contribution < 1.29 is 4.79 Å². The molecule has 1 atom stereocenters. The molecule has 0 saturated carbocycles. The molecule has 1 amide bonds. The van der Waals surface area contributed by atoms with Crippen molar-refractivity contribution in [2.45, 2.75) is 19.9 Å². The number of nitrogens with one attached hydrogen (secondary N) is 2. The normalized spacial score (nSPS) is 23.3. The van der Waals surface area contributed by atoms with E-state index in [9.17, 15) is 4.79 Å². The van der Waals surface area contributed by atoms with Gasteiger partial charge in [-0.25, -0.2) is 0 Å². The molecule has 1 fully saturated rings. The Balaban J connectivity index is 2.00. The van der Waals surface area contributed by atoms with Crippen LogP contribution in [0.3, 0.4) is 0 Å². The van der Waals surface area contributed by atoms with Crippen LogP contribution in [0.1, 0.15) is 19.0 Å². The van der Waals surface area contributed by atoms with Crippen LogP contribution in [-0.4, -0.2) is 35.9 Å². The third-order valence-electron chi connectivity index (χ3n) is 3.70. The molecule has 1 saturated heterocycles. The number of nitrogens with zero attached hydrogens (tertiary/aromatic N) is 2. The number of rotatable bonds is 4. The van der Waals surface area contributed by atoms with Crippen molar-refractivity contribution in [3.05, 3.63) is 24.0 Å². The molecular formula is C13H21N5O. The summed E-state index contributed by atoms with van der Waals surface area (Å²) in [7, 11) is 1.69. The zero-order valence-electron chi connectivity index (χ0n) is 11.4. The molecule has 1 aromatic rings. The number of carbonyl (C=O) groups is 1. The maximum Gasteiger partial charge on any atom is 0.227 e. The lowest BCUT2D eigenvalue weighted by Gasteiger charge is -2.22. The summed E-state index contributed by atoms with van der Waals surface area (Å²) in [4.78, 5) is 18.4. The molecule has 104 valence electrons. The van der Waals surface area contributed by atoms with Gasteiger partial charge in [-0.15, -0.1) is 0 Å². The smallest absolute Gasteiger partial charge is 0.227 e. The molecule has 1 aromatic heterocycles. The van der Waals surface area contributed by atoms with E-state index in [4.69, 9.17) is 5.84 Å². The van der Waals surface area contributed by atoms with Gasteiger partial charge in [-0.3, -0.25) is 20.5 Å². The summed E-state index contributed by atoms with van der Waals surface area (Å²) in [6.45, 7) is 4.42. The molecule has 1 aliphatic heterocycles. The molecule has 0 radical (unpaired) electrons. The number of anilines is 1. The molecule has 6 nitrogen and oxygen atoms in total. The van der Waals surface area contributed by atoms with Crippen molar-refractivity contribution >= 4 is 11.6 Å². The van der Waals surface area contributed by atoms with Crippen molar-refractivity contribution in [1.82, 2.24) is 15.2 Å². The number of hydrogen-bond acceptors (Lipinski definition) is 5. The molecular weight excluding hydrogens is 242 g/mol. The predicted octanol–water partition coefficient (Wildman–Crippen LogP) is 0.325. The maximum absolute atomic E-state index is 11.9. The van der Waals surface area contributed by atoms with Gasteiger partial charge in [0.15, 0.2) is 0 Å². The first-order valence-electron chi connectivity index (χ1n) is 6.43. The third kappa shape index (κ3) is 3.02. The van der Waals surface area contributed by atoms with Crippen LogP contribution in [0.5, 0.6) is 0 Å². The zero-order chi connectivity index (χ0) is 13.9. The first-order valence-corrected chi connectivity index (χ1v) is 6.43. The van der Waals surface area contributed by atoms with Crippen LogP contribution in [0.4, 0.5) is 5.69 Å². The third-order valence-corrected chi connectivity index (χ3v) is 3.70. The van der Waals surface area contributed by atoms with E-state index in [1.807, 2.05) is 19.1 Å². The van der Waals surface area contributed by atoms with Gasteiger partial charge in [-0.05, 0) is 32.0 Å². The van der Waals surface area contributed by atoms with Crippen LogP contribution in [-0.2, 0) is 11.3 Å². The number of hydrazine groups is 1. The van der Waals surface area contributed by atoms with Crippen LogP contribution >= 0.6 is 0 Å². The minimum Gasteiger partial charge on any atom is -0.359 e. The average molecular weight is 263 g/mol. The van der Waals surface area contributed by atoms with Gasteiger partial charge >= 0.3 is 0 Å². The molecule has 2 heterocycles. The second kappa shape index (κ2) is 5.54. The Morgan fingerprint density at radius 2 is 2.42 bits per heavy atom. The molecule has 6 heteroatoms. The van der Waals surface area contributed by atoms with Gasteiger partial charge in [0.1, 0.15) is 0 Å². The minimum absolute atomic E-state index is 0.111. The fourth-order valence-electron chi connectivity index (χ4n) is 2.56. The van der Waals surface area contributed by atoms with Gasteiger partial charge in [0.25, 0.3) is 0 Å². The number of nitrogen functional groups attached to an aromatic ring is 1. The monoisotopic (exact) mass is 263 g/mol. The molecule has 0 aliphatic carbocycles. The number of amides is 1. The molecule has 0 spiro atoms. The number of pyridine rings is 1. The first-order chi connectivity index (χ1) is 9.07. The Kier molecular flexibility index (Phi) is 4.01. The van der Waals surface area contributed by atoms with Crippen molar-refractivity contribution in [1.29, 1.82) is 0 Å². The summed E-state index contributed by atoms with van der Waals surface area (Å²) in [6, 6.07) is 3.75. The van der Waals surface area contributed by atoms with Gasteiger partial charge in [0.2, 0.25) is 5.91 Å². The lowest BCUT2D eigenvalue weighted by atomic mass is 9.89. The van der Waals surface area contributed by atoms with Crippen molar-refractivity contribution in [2.75, 3.05) is 25.6 Å². The summed E-state index contributed by atoms with van der Waals surface area (Å²) in [5.74, 6) is 5.49. The Morgan fingerprint density at radius 1 is 1.63 bits per heavy atom. The predicted molar refractivity (Wildman–Crippen MR) is 74.1 cm³/mol. The Bertz CT molecular complexity index is 464. The van der Waals surface area contributed by atoms with Crippen molar-refractivity contribution in [3.63, 3.8) is 0 Å². The zero-order valence-corrected chi connectivity index (χ0v) is 11.4. The average Bonchev–Trinajstić information content (AvgIpc) is 2.80. The minimum atomic E-state index is -0.293. The molecule has 1 aliphatic rings. The molecule has 2 rings (SSSR count). The summed E-state index contributed by atoms with van der Waals surface area (Å²) < 4.78 is 0. The van der Waals surface area contributed by atoms with E-state index in [0.717, 1.165) is 37.4 Å². The lowest BCUT2D eigenvalue weighted by molar-refractivity contribution is -0.129. The summed E-state index contributed by atoms with van der Waals surface area (Å²) in [6.07, 6.45) is 2.61. The number of hydrogen-bond donors (Lipinski definition) is 3. The maximum atomic E-state index is 11.9. The number of likely N-dealkylation sites (tertiary alicyclic amines) is 1. The van der Waals surface area contributed by atoms with E-state index < -0.39 is 0 Å². The number of carbonyl (C=O) groups excluding carboxylic acids is 1. The van der Waals surface area contributed by atoms with Crippen LogP contribution < -0.4 is 16.6 Å². The highest BCUT2D eigenvalue weighted by Crippen LogP contribution is 2.30. The quantitative estimate of drug-likeness (QED) is 0.538. The molecule has 4 N–H and O–H groups in total. The Labute approximate surface area is 113 Å². The van der Waals surface area contributed by atoms with Gasteiger partial charge in [-0.2, -0.15) is 0 Å². The molecule has 0 aromatic carbocycles. The molecule has 0 bridgehead atoms. The number of aromatic nitrogens is 1. The fourth-order valence-corrected chi connectivity index (χ4v) is 2.56. The van der Waals surface area contributed by atoms with Gasteiger partial charge in [0, 0.05) is 26.3 Å². The van der Waals surface area contributed by atoms with Crippen LogP contribution in [0.15, 0.2) is 18.3 Å². The van der Waals surface area contributed by atoms with E-state index in [-0.39, 0.29) is 11.3 Å². The summed E-state index contributed by atoms with van der Waals surface area (Å²) in [5, 5.41) is 2.74. The Hall–Kier alpha value is -1.66. The van der Waals surface area contributed by atoms with Gasteiger partial charge in [-0.1, -0.05) is 0 Å². The second-order valence-electron chi connectivity index (χ2n) is 5.28. The topological polar surface area (TPSA) is 83.3 Å². The van der Waals surface area contributed by atoms with E-state index in [1.165, 1.54) is 0 Å². The highest BCUT2D eigenvalue weighted by atomic mass is 16.2. The molecule has 19 heavy (non-hydrogen) atoms. The van der Waals surface area contributed by atoms with Crippen molar-refractivity contribution in [3.8, 4) is 0 Å². The van der Waals surface area contributed by atoms with E-state index in [0.29, 0.717) is 0 Å². The first kappa shape index (κ1) is 13.8. The standard InChI is InChI=1S/C13H21N5O/c1-13(12(19)15-2)4-6-18(9-13)8-11-7-10(17-14)3-5-16-11/h3,5,7H,4,6,8-9,14H2,1-2H3,(H,15,19)(H,16,17). The van der Waals surface area contributed by atoms with Gasteiger partial charge in [0.05, 0.1) is 16.8 Å². The highest BCUT2D eigenvalue weighted by molar-refractivity contribution is 5.82. The fraction of sp³-hybridized carbons (Fsp3) is 0.538. The van der Waals surface area contributed by atoms with Crippen LogP contribution in [0.25, 0.3) is 0 Å². The number of nitrogens with two attached hydrogens (primary N) is 1. The van der Waals surface area contributed by atoms with E-state index in [1.54, 1.807) is 13.2 Å². The van der Waals surface area contributed by atoms with E-state index in [2.05, 4.69) is 20.6 Å². The summed E-state index contributed by atoms with van der Waals surface area (Å²) >= 11 is 0. The van der Waals surface area contributed by atoms with Crippen molar-refractivity contribution in [2.24, 2.45) is 11.3 Å².